The number of hydrogen-bond donors (Lipinski definition) is 1. The molecule has 1 aliphatic heterocycles. The van der Waals surface area contributed by atoms with Crippen LogP contribution in [0.25, 0.3) is 0 Å². The lowest BCUT2D eigenvalue weighted by Gasteiger charge is -2.34. The molecule has 1 amide bonds. The average molecular weight is 419 g/mol. The molecule has 31 heavy (non-hydrogen) atoms. The first-order chi connectivity index (χ1) is 15.0. The SMILES string of the molecule is COc1ccc(NC2CCCN(C(=O)c3ccc(Cn4nc(C)cc4C)cc3)C2)cc1. The van der Waals surface area contributed by atoms with Crippen molar-refractivity contribution in [1.29, 1.82) is 0 Å². The summed E-state index contributed by atoms with van der Waals surface area (Å²) < 4.78 is 7.21. The van der Waals surface area contributed by atoms with Crippen molar-refractivity contribution < 1.29 is 9.53 Å². The number of nitrogens with one attached hydrogen (secondary N) is 1. The van der Waals surface area contributed by atoms with Crippen LogP contribution in [-0.4, -0.2) is 46.8 Å². The van der Waals surface area contributed by atoms with E-state index in [2.05, 4.69) is 23.4 Å². The zero-order valence-electron chi connectivity index (χ0n) is 18.5. The third-order valence-corrected chi connectivity index (χ3v) is 5.81. The minimum atomic E-state index is 0.0962. The van der Waals surface area contributed by atoms with Crippen molar-refractivity contribution in [2.75, 3.05) is 25.5 Å². The largest absolute Gasteiger partial charge is 0.497 e. The summed E-state index contributed by atoms with van der Waals surface area (Å²) in [5.74, 6) is 0.936. The molecule has 6 heteroatoms. The number of aromatic nitrogens is 2. The van der Waals surface area contributed by atoms with E-state index in [4.69, 9.17) is 4.74 Å². The molecule has 1 aromatic heterocycles. The van der Waals surface area contributed by atoms with Gasteiger partial charge in [-0.1, -0.05) is 12.1 Å². The predicted molar refractivity (Wildman–Crippen MR) is 123 cm³/mol. The highest BCUT2D eigenvalue weighted by Crippen LogP contribution is 2.20. The molecule has 1 saturated heterocycles. The van der Waals surface area contributed by atoms with Gasteiger partial charge in [-0.15, -0.1) is 0 Å². The minimum absolute atomic E-state index is 0.0962. The summed E-state index contributed by atoms with van der Waals surface area (Å²) in [5, 5.41) is 8.07. The third-order valence-electron chi connectivity index (χ3n) is 5.81. The van der Waals surface area contributed by atoms with Gasteiger partial charge in [0.15, 0.2) is 0 Å². The molecule has 1 fully saturated rings. The number of amides is 1. The number of carbonyl (C=O) groups excluding carboxylic acids is 1. The Morgan fingerprint density at radius 1 is 1.13 bits per heavy atom. The van der Waals surface area contributed by atoms with E-state index in [1.54, 1.807) is 7.11 Å². The van der Waals surface area contributed by atoms with Gasteiger partial charge in [0.05, 0.1) is 19.3 Å². The zero-order valence-corrected chi connectivity index (χ0v) is 18.5. The van der Waals surface area contributed by atoms with Gasteiger partial charge in [0.2, 0.25) is 0 Å². The van der Waals surface area contributed by atoms with E-state index < -0.39 is 0 Å². The molecule has 0 saturated carbocycles. The quantitative estimate of drug-likeness (QED) is 0.649. The second-order valence-electron chi connectivity index (χ2n) is 8.24. The standard InChI is InChI=1S/C25H30N4O2/c1-18-15-19(2)29(27-18)16-20-6-8-21(9-7-20)25(30)28-14-4-5-23(17-28)26-22-10-12-24(31-3)13-11-22/h6-13,15,23,26H,4-5,14,16-17H2,1-3H3. The van der Waals surface area contributed by atoms with Crippen LogP contribution in [0.1, 0.15) is 40.2 Å². The Morgan fingerprint density at radius 3 is 2.52 bits per heavy atom. The fourth-order valence-electron chi connectivity index (χ4n) is 4.15. The molecule has 1 aliphatic rings. The molecular weight excluding hydrogens is 388 g/mol. The first-order valence-electron chi connectivity index (χ1n) is 10.8. The van der Waals surface area contributed by atoms with Gasteiger partial charge in [0.25, 0.3) is 5.91 Å². The summed E-state index contributed by atoms with van der Waals surface area (Å²) in [6, 6.07) is 18.2. The molecule has 0 radical (unpaired) electrons. The normalized spacial score (nSPS) is 16.2. The van der Waals surface area contributed by atoms with E-state index >= 15 is 0 Å². The van der Waals surface area contributed by atoms with Gasteiger partial charge in [0.1, 0.15) is 5.75 Å². The van der Waals surface area contributed by atoms with Crippen LogP contribution in [0.5, 0.6) is 5.75 Å². The molecule has 1 atom stereocenters. The third kappa shape index (κ3) is 5.08. The Bertz CT molecular complexity index is 1020. The van der Waals surface area contributed by atoms with E-state index in [-0.39, 0.29) is 11.9 Å². The molecule has 0 spiro atoms. The molecule has 1 unspecified atom stereocenters. The van der Waals surface area contributed by atoms with Crippen LogP contribution < -0.4 is 10.1 Å². The highest BCUT2D eigenvalue weighted by atomic mass is 16.5. The molecule has 6 nitrogen and oxygen atoms in total. The Balaban J connectivity index is 1.37. The highest BCUT2D eigenvalue weighted by Gasteiger charge is 2.24. The monoisotopic (exact) mass is 418 g/mol. The van der Waals surface area contributed by atoms with Crippen molar-refractivity contribution in [1.82, 2.24) is 14.7 Å². The van der Waals surface area contributed by atoms with Crippen LogP contribution in [-0.2, 0) is 6.54 Å². The molecular formula is C25H30N4O2. The Hall–Kier alpha value is -3.28. The summed E-state index contributed by atoms with van der Waals surface area (Å²) in [6.45, 7) is 6.28. The van der Waals surface area contributed by atoms with Crippen LogP contribution in [0.4, 0.5) is 5.69 Å². The first kappa shape index (κ1) is 21.0. The van der Waals surface area contributed by atoms with Crippen LogP contribution >= 0.6 is 0 Å². The Labute approximate surface area is 183 Å². The molecule has 1 N–H and O–H groups in total. The van der Waals surface area contributed by atoms with Gasteiger partial charge in [0, 0.05) is 36.1 Å². The van der Waals surface area contributed by atoms with E-state index in [1.165, 1.54) is 0 Å². The van der Waals surface area contributed by atoms with E-state index in [0.717, 1.165) is 53.3 Å². The van der Waals surface area contributed by atoms with Gasteiger partial charge in [-0.3, -0.25) is 9.48 Å². The molecule has 2 heterocycles. The van der Waals surface area contributed by atoms with Crippen molar-refractivity contribution in [3.8, 4) is 5.75 Å². The van der Waals surface area contributed by atoms with Crippen LogP contribution in [0.3, 0.4) is 0 Å². The van der Waals surface area contributed by atoms with Gasteiger partial charge in [-0.05, 0) is 74.7 Å². The average Bonchev–Trinajstić information content (AvgIpc) is 3.11. The van der Waals surface area contributed by atoms with Crippen molar-refractivity contribution >= 4 is 11.6 Å². The van der Waals surface area contributed by atoms with Gasteiger partial charge in [-0.2, -0.15) is 5.10 Å². The summed E-state index contributed by atoms with van der Waals surface area (Å²) in [4.78, 5) is 15.0. The van der Waals surface area contributed by atoms with E-state index in [9.17, 15) is 4.79 Å². The molecule has 3 aromatic rings. The highest BCUT2D eigenvalue weighted by molar-refractivity contribution is 5.94. The number of benzene rings is 2. The number of ether oxygens (including phenoxy) is 1. The zero-order chi connectivity index (χ0) is 21.8. The summed E-state index contributed by atoms with van der Waals surface area (Å²) in [5.41, 5.74) is 5.09. The van der Waals surface area contributed by atoms with E-state index in [0.29, 0.717) is 13.1 Å². The van der Waals surface area contributed by atoms with Gasteiger partial charge in [-0.25, -0.2) is 0 Å². The maximum absolute atomic E-state index is 13.1. The second-order valence-corrected chi connectivity index (χ2v) is 8.24. The number of carbonyl (C=O) groups is 1. The summed E-state index contributed by atoms with van der Waals surface area (Å²) in [7, 11) is 1.67. The topological polar surface area (TPSA) is 59.4 Å². The predicted octanol–water partition coefficient (Wildman–Crippen LogP) is 4.27. The summed E-state index contributed by atoms with van der Waals surface area (Å²) >= 11 is 0. The van der Waals surface area contributed by atoms with Crippen LogP contribution in [0.15, 0.2) is 54.6 Å². The number of methoxy groups -OCH3 is 1. The van der Waals surface area contributed by atoms with Crippen LogP contribution in [0, 0.1) is 13.8 Å². The number of hydrogen-bond acceptors (Lipinski definition) is 4. The maximum Gasteiger partial charge on any atom is 0.253 e. The second kappa shape index (κ2) is 9.25. The lowest BCUT2D eigenvalue weighted by molar-refractivity contribution is 0.0715. The van der Waals surface area contributed by atoms with Crippen LogP contribution in [0.2, 0.25) is 0 Å². The number of rotatable bonds is 6. The number of anilines is 1. The minimum Gasteiger partial charge on any atom is -0.497 e. The fraction of sp³-hybridized carbons (Fsp3) is 0.360. The number of piperidine rings is 1. The maximum atomic E-state index is 13.1. The number of nitrogens with zero attached hydrogens (tertiary/aromatic N) is 3. The molecule has 0 bridgehead atoms. The fourth-order valence-corrected chi connectivity index (χ4v) is 4.15. The summed E-state index contributed by atoms with van der Waals surface area (Å²) in [6.07, 6.45) is 2.05. The van der Waals surface area contributed by atoms with Crippen molar-refractivity contribution in [3.05, 3.63) is 77.1 Å². The molecule has 4 rings (SSSR count). The lowest BCUT2D eigenvalue weighted by atomic mass is 10.0. The van der Waals surface area contributed by atoms with Crippen molar-refractivity contribution in [3.63, 3.8) is 0 Å². The van der Waals surface area contributed by atoms with Gasteiger partial charge >= 0.3 is 0 Å². The smallest absolute Gasteiger partial charge is 0.253 e. The van der Waals surface area contributed by atoms with E-state index in [1.807, 2.05) is 65.0 Å². The molecule has 0 aliphatic carbocycles. The molecule has 2 aromatic carbocycles. The molecule has 162 valence electrons. The lowest BCUT2D eigenvalue weighted by Crippen LogP contribution is -2.45. The Morgan fingerprint density at radius 2 is 1.87 bits per heavy atom. The number of aryl methyl sites for hydroxylation is 2. The van der Waals surface area contributed by atoms with Crippen molar-refractivity contribution in [2.45, 2.75) is 39.3 Å². The van der Waals surface area contributed by atoms with Gasteiger partial charge < -0.3 is 15.0 Å². The van der Waals surface area contributed by atoms with Crippen molar-refractivity contribution in [2.24, 2.45) is 0 Å². The Kier molecular flexibility index (Phi) is 6.26. The number of likely N-dealkylation sites (tertiary alicyclic amines) is 1. The first-order valence-corrected chi connectivity index (χ1v) is 10.8.